The molecule has 4 aliphatic rings. The molecule has 0 aliphatic heterocycles. The highest BCUT2D eigenvalue weighted by molar-refractivity contribution is 5.75. The van der Waals surface area contributed by atoms with E-state index in [-0.39, 0.29) is 41.0 Å². The normalized spacial score (nSPS) is 42.8. The number of carbonyl (C=O) groups is 1. The molecule has 11 atom stereocenters. The Kier molecular flexibility index (Phi) is 9.83. The van der Waals surface area contributed by atoms with Crippen molar-refractivity contribution in [2.24, 2.45) is 46.3 Å². The highest BCUT2D eigenvalue weighted by Crippen LogP contribution is 2.68. The van der Waals surface area contributed by atoms with Crippen LogP contribution >= 0.6 is 0 Å². The molecule has 4 saturated carbocycles. The van der Waals surface area contributed by atoms with Crippen LogP contribution in [0.2, 0.25) is 0 Å². The molecule has 0 saturated heterocycles. The monoisotopic (exact) mass is 549 g/mol. The Labute approximate surface area is 238 Å². The Balaban J connectivity index is 1.32. The molecule has 0 heterocycles. The number of unbranched alkanes of at least 4 members (excludes halogenated alkanes) is 1. The van der Waals surface area contributed by atoms with Crippen molar-refractivity contribution in [1.29, 1.82) is 0 Å². The quantitative estimate of drug-likeness (QED) is 0.221. The number of hydrogen-bond donors (Lipinski definition) is 4. The first-order valence-corrected chi connectivity index (χ1v) is 16.5. The minimum absolute atomic E-state index is 0.108. The molecule has 6 heteroatoms. The Bertz CT molecular complexity index is 835. The Morgan fingerprint density at radius 3 is 2.44 bits per heavy atom. The van der Waals surface area contributed by atoms with Crippen LogP contribution in [0.1, 0.15) is 105 Å². The van der Waals surface area contributed by atoms with Gasteiger partial charge in [0, 0.05) is 19.4 Å². The molecule has 0 aromatic heterocycles. The molecular formula is C33H61N2O4+. The van der Waals surface area contributed by atoms with Gasteiger partial charge in [0.25, 0.3) is 0 Å². The van der Waals surface area contributed by atoms with Crippen molar-refractivity contribution < 1.29 is 24.6 Å². The first-order chi connectivity index (χ1) is 18.3. The van der Waals surface area contributed by atoms with E-state index in [9.17, 15) is 20.1 Å². The van der Waals surface area contributed by atoms with Crippen molar-refractivity contribution >= 4 is 5.91 Å². The standard InChI is InChI=1S/C33H60N2O4/c1-7-8-17-35(5,6)18-9-16-34-30(39)13-10-22(2)25-11-12-26-31-27(21-29(38)33(25,26)4)32(3)15-14-24(36)19-23(32)20-28(31)37/h22-29,31,36-38H,7-21H2,1-6H3/p+1. The van der Waals surface area contributed by atoms with Crippen molar-refractivity contribution in [3.63, 3.8) is 0 Å². The molecule has 0 radical (unpaired) electrons. The van der Waals surface area contributed by atoms with Gasteiger partial charge in [-0.25, -0.2) is 0 Å². The molecule has 4 fully saturated rings. The third-order valence-corrected chi connectivity index (χ3v) is 12.7. The van der Waals surface area contributed by atoms with Gasteiger partial charge in [-0.05, 0) is 104 Å². The maximum Gasteiger partial charge on any atom is 0.220 e. The van der Waals surface area contributed by atoms with Gasteiger partial charge in [-0.2, -0.15) is 0 Å². The fourth-order valence-corrected chi connectivity index (χ4v) is 10.2. The van der Waals surface area contributed by atoms with Gasteiger partial charge in [0.15, 0.2) is 0 Å². The van der Waals surface area contributed by atoms with Crippen LogP contribution in [-0.2, 0) is 4.79 Å². The summed E-state index contributed by atoms with van der Waals surface area (Å²) in [7, 11) is 4.56. The summed E-state index contributed by atoms with van der Waals surface area (Å²) in [6.45, 7) is 12.2. The molecule has 1 amide bonds. The first-order valence-electron chi connectivity index (χ1n) is 16.5. The van der Waals surface area contributed by atoms with Gasteiger partial charge < -0.3 is 25.1 Å². The van der Waals surface area contributed by atoms with Crippen LogP contribution in [0.5, 0.6) is 0 Å². The zero-order valence-corrected chi connectivity index (χ0v) is 26.0. The van der Waals surface area contributed by atoms with E-state index < -0.39 is 0 Å². The Morgan fingerprint density at radius 2 is 1.72 bits per heavy atom. The number of nitrogens with zero attached hydrogens (tertiary/aromatic N) is 1. The van der Waals surface area contributed by atoms with E-state index in [1.807, 2.05) is 0 Å². The molecule has 4 N–H and O–H groups in total. The number of hydrogen-bond acceptors (Lipinski definition) is 4. The van der Waals surface area contributed by atoms with Gasteiger partial charge >= 0.3 is 0 Å². The van der Waals surface area contributed by atoms with Crippen molar-refractivity contribution in [2.75, 3.05) is 33.7 Å². The van der Waals surface area contributed by atoms with Crippen LogP contribution in [0.3, 0.4) is 0 Å². The number of amides is 1. The third kappa shape index (κ3) is 6.24. The minimum atomic E-state index is -0.365. The average molecular weight is 550 g/mol. The summed E-state index contributed by atoms with van der Waals surface area (Å²) < 4.78 is 1.02. The SMILES string of the molecule is CCCC[N+](C)(C)CCCNC(=O)CCC(C)C1CCC2C3C(O)CC4CC(O)CCC4(C)C3CC(O)C12C. The van der Waals surface area contributed by atoms with Gasteiger partial charge in [-0.15, -0.1) is 0 Å². The lowest BCUT2D eigenvalue weighted by atomic mass is 9.43. The van der Waals surface area contributed by atoms with Crippen LogP contribution < -0.4 is 5.32 Å². The van der Waals surface area contributed by atoms with Crippen LogP contribution in [0.4, 0.5) is 0 Å². The zero-order chi connectivity index (χ0) is 28.6. The summed E-state index contributed by atoms with van der Waals surface area (Å²) in [6, 6.07) is 0. The van der Waals surface area contributed by atoms with Gasteiger partial charge in [0.05, 0.1) is 45.5 Å². The number of aliphatic hydroxyl groups excluding tert-OH is 3. The second-order valence-electron chi connectivity index (χ2n) is 15.5. The molecule has 0 spiro atoms. The highest BCUT2D eigenvalue weighted by Gasteiger charge is 2.65. The molecule has 11 unspecified atom stereocenters. The largest absolute Gasteiger partial charge is 0.393 e. The molecule has 4 rings (SSSR count). The van der Waals surface area contributed by atoms with Crippen molar-refractivity contribution in [3.05, 3.63) is 0 Å². The van der Waals surface area contributed by atoms with Crippen molar-refractivity contribution in [2.45, 2.75) is 123 Å². The van der Waals surface area contributed by atoms with Crippen molar-refractivity contribution in [1.82, 2.24) is 5.32 Å². The number of rotatable bonds is 11. The van der Waals surface area contributed by atoms with Crippen LogP contribution in [0, 0.1) is 46.3 Å². The molecule has 6 nitrogen and oxygen atoms in total. The molecule has 0 aromatic carbocycles. The van der Waals surface area contributed by atoms with E-state index in [2.05, 4.69) is 47.1 Å². The average Bonchev–Trinajstić information content (AvgIpc) is 3.24. The second kappa shape index (κ2) is 12.3. The Morgan fingerprint density at radius 1 is 1.00 bits per heavy atom. The fourth-order valence-electron chi connectivity index (χ4n) is 10.2. The topological polar surface area (TPSA) is 89.8 Å². The van der Waals surface area contributed by atoms with E-state index in [4.69, 9.17) is 0 Å². The molecule has 39 heavy (non-hydrogen) atoms. The van der Waals surface area contributed by atoms with Crippen LogP contribution in [0.15, 0.2) is 0 Å². The number of quaternary nitrogens is 1. The summed E-state index contributed by atoms with van der Waals surface area (Å²) in [5.41, 5.74) is -0.0886. The maximum atomic E-state index is 12.7. The van der Waals surface area contributed by atoms with E-state index in [1.54, 1.807) is 0 Å². The second-order valence-corrected chi connectivity index (χ2v) is 15.5. The lowest BCUT2D eigenvalue weighted by Crippen LogP contribution is -2.62. The van der Waals surface area contributed by atoms with Crippen LogP contribution in [0.25, 0.3) is 0 Å². The third-order valence-electron chi connectivity index (χ3n) is 12.7. The van der Waals surface area contributed by atoms with Crippen LogP contribution in [-0.4, -0.2) is 77.8 Å². The number of nitrogens with one attached hydrogen (secondary N) is 1. The van der Waals surface area contributed by atoms with E-state index >= 15 is 0 Å². The molecular weight excluding hydrogens is 488 g/mol. The van der Waals surface area contributed by atoms with Crippen molar-refractivity contribution in [3.8, 4) is 0 Å². The minimum Gasteiger partial charge on any atom is -0.393 e. The zero-order valence-electron chi connectivity index (χ0n) is 26.0. The summed E-state index contributed by atoms with van der Waals surface area (Å²) in [4.78, 5) is 12.7. The van der Waals surface area contributed by atoms with E-state index in [1.165, 1.54) is 19.4 Å². The predicted molar refractivity (Wildman–Crippen MR) is 157 cm³/mol. The molecule has 0 bridgehead atoms. The summed E-state index contributed by atoms with van der Waals surface area (Å²) >= 11 is 0. The molecule has 4 aliphatic carbocycles. The van der Waals surface area contributed by atoms with E-state index in [0.29, 0.717) is 36.0 Å². The number of carbonyl (C=O) groups excluding carboxylic acids is 1. The van der Waals surface area contributed by atoms with Gasteiger partial charge in [0.2, 0.25) is 5.91 Å². The van der Waals surface area contributed by atoms with E-state index in [0.717, 1.165) is 75.4 Å². The van der Waals surface area contributed by atoms with Gasteiger partial charge in [-0.3, -0.25) is 4.79 Å². The predicted octanol–water partition coefficient (Wildman–Crippen LogP) is 4.75. The lowest BCUT2D eigenvalue weighted by molar-refractivity contribution is -0.890. The summed E-state index contributed by atoms with van der Waals surface area (Å²) in [5, 5.41) is 36.7. The molecule has 226 valence electrons. The lowest BCUT2D eigenvalue weighted by Gasteiger charge is -2.63. The summed E-state index contributed by atoms with van der Waals surface area (Å²) in [6.07, 6.45) is 10.3. The Hall–Kier alpha value is -0.690. The number of fused-ring (bicyclic) bond motifs is 5. The first kappa shape index (κ1) is 31.3. The number of aliphatic hydroxyl groups is 3. The summed E-state index contributed by atoms with van der Waals surface area (Å²) in [5.74, 6) is 2.18. The molecule has 0 aromatic rings. The fraction of sp³-hybridized carbons (Fsp3) is 0.970. The van der Waals surface area contributed by atoms with Gasteiger partial charge in [-0.1, -0.05) is 34.1 Å². The maximum absolute atomic E-state index is 12.7. The smallest absolute Gasteiger partial charge is 0.220 e. The highest BCUT2D eigenvalue weighted by atomic mass is 16.3. The van der Waals surface area contributed by atoms with Gasteiger partial charge in [0.1, 0.15) is 0 Å².